The minimum absolute atomic E-state index is 0.0961. The standard InChI is InChI=1S/C20H20FN3O4/c1-26-16-8-7-13(11-17(16)27-2)12-22-18(25)9-10-19-23-24-20(28-19)14-5-3-4-6-15(14)21/h3-8,11H,9-10,12H2,1-2H3,(H,22,25). The average Bonchev–Trinajstić information content (AvgIpc) is 3.19. The Bertz CT molecular complexity index is 958. The van der Waals surface area contributed by atoms with E-state index in [1.807, 2.05) is 6.07 Å². The highest BCUT2D eigenvalue weighted by molar-refractivity contribution is 5.76. The van der Waals surface area contributed by atoms with E-state index in [1.54, 1.807) is 44.6 Å². The normalized spacial score (nSPS) is 10.5. The fourth-order valence-electron chi connectivity index (χ4n) is 2.60. The largest absolute Gasteiger partial charge is 0.493 e. The molecule has 0 bridgehead atoms. The molecular weight excluding hydrogens is 365 g/mol. The first-order valence-electron chi connectivity index (χ1n) is 8.65. The van der Waals surface area contributed by atoms with Crippen molar-refractivity contribution in [3.63, 3.8) is 0 Å². The molecule has 1 heterocycles. The molecule has 0 saturated heterocycles. The Morgan fingerprint density at radius 3 is 2.64 bits per heavy atom. The minimum atomic E-state index is -0.439. The Labute approximate surface area is 161 Å². The van der Waals surface area contributed by atoms with Gasteiger partial charge in [-0.25, -0.2) is 4.39 Å². The first-order valence-corrected chi connectivity index (χ1v) is 8.65. The third-order valence-corrected chi connectivity index (χ3v) is 4.07. The lowest BCUT2D eigenvalue weighted by molar-refractivity contribution is -0.121. The topological polar surface area (TPSA) is 86.5 Å². The van der Waals surface area contributed by atoms with Crippen molar-refractivity contribution in [1.29, 1.82) is 0 Å². The van der Waals surface area contributed by atoms with Crippen LogP contribution in [0.5, 0.6) is 11.5 Å². The van der Waals surface area contributed by atoms with Gasteiger partial charge in [-0.05, 0) is 29.8 Å². The van der Waals surface area contributed by atoms with E-state index in [1.165, 1.54) is 6.07 Å². The molecule has 2 aromatic carbocycles. The molecule has 0 atom stereocenters. The third kappa shape index (κ3) is 4.64. The van der Waals surface area contributed by atoms with Gasteiger partial charge in [-0.2, -0.15) is 0 Å². The van der Waals surface area contributed by atoms with Crippen LogP contribution in [-0.2, 0) is 17.8 Å². The van der Waals surface area contributed by atoms with Gasteiger partial charge in [-0.1, -0.05) is 18.2 Å². The van der Waals surface area contributed by atoms with Gasteiger partial charge in [0.25, 0.3) is 5.89 Å². The molecule has 146 valence electrons. The highest BCUT2D eigenvalue weighted by atomic mass is 19.1. The van der Waals surface area contributed by atoms with Gasteiger partial charge in [0.15, 0.2) is 11.5 Å². The summed E-state index contributed by atoms with van der Waals surface area (Å²) in [6, 6.07) is 11.6. The van der Waals surface area contributed by atoms with Crippen LogP contribution in [0.2, 0.25) is 0 Å². The van der Waals surface area contributed by atoms with E-state index in [0.717, 1.165) is 5.56 Å². The van der Waals surface area contributed by atoms with E-state index in [2.05, 4.69) is 15.5 Å². The number of ether oxygens (including phenoxy) is 2. The molecule has 0 fully saturated rings. The van der Waals surface area contributed by atoms with Gasteiger partial charge >= 0.3 is 0 Å². The fourth-order valence-corrected chi connectivity index (χ4v) is 2.60. The van der Waals surface area contributed by atoms with Crippen molar-refractivity contribution in [3.8, 4) is 23.0 Å². The second-order valence-corrected chi connectivity index (χ2v) is 5.95. The monoisotopic (exact) mass is 385 g/mol. The molecule has 0 aliphatic rings. The van der Waals surface area contributed by atoms with Crippen molar-refractivity contribution in [3.05, 3.63) is 59.7 Å². The molecule has 8 heteroatoms. The molecule has 0 aliphatic heterocycles. The van der Waals surface area contributed by atoms with Crippen LogP contribution < -0.4 is 14.8 Å². The van der Waals surface area contributed by atoms with Gasteiger partial charge in [-0.3, -0.25) is 4.79 Å². The summed E-state index contributed by atoms with van der Waals surface area (Å²) in [7, 11) is 3.12. The van der Waals surface area contributed by atoms with Crippen molar-refractivity contribution in [2.24, 2.45) is 0 Å². The second kappa shape index (κ2) is 8.98. The fraction of sp³-hybridized carbons (Fsp3) is 0.250. The maximum absolute atomic E-state index is 13.8. The summed E-state index contributed by atoms with van der Waals surface area (Å²) in [5.74, 6) is 0.990. The number of hydrogen-bond donors (Lipinski definition) is 1. The summed E-state index contributed by atoms with van der Waals surface area (Å²) in [6.45, 7) is 0.351. The Morgan fingerprint density at radius 2 is 1.89 bits per heavy atom. The average molecular weight is 385 g/mol. The van der Waals surface area contributed by atoms with Gasteiger partial charge in [-0.15, -0.1) is 10.2 Å². The van der Waals surface area contributed by atoms with Gasteiger partial charge in [0.1, 0.15) is 5.82 Å². The molecule has 7 nitrogen and oxygen atoms in total. The Morgan fingerprint density at radius 1 is 1.11 bits per heavy atom. The SMILES string of the molecule is COc1ccc(CNC(=O)CCc2nnc(-c3ccccc3F)o2)cc1OC. The van der Waals surface area contributed by atoms with Crippen molar-refractivity contribution in [2.45, 2.75) is 19.4 Å². The van der Waals surface area contributed by atoms with E-state index >= 15 is 0 Å². The maximum Gasteiger partial charge on any atom is 0.250 e. The maximum atomic E-state index is 13.8. The van der Waals surface area contributed by atoms with Crippen LogP contribution in [0.3, 0.4) is 0 Å². The highest BCUT2D eigenvalue weighted by Crippen LogP contribution is 2.27. The number of rotatable bonds is 8. The summed E-state index contributed by atoms with van der Waals surface area (Å²) in [4.78, 5) is 12.1. The molecule has 0 saturated carbocycles. The molecule has 3 aromatic rings. The Kier molecular flexibility index (Phi) is 6.21. The summed E-state index contributed by atoms with van der Waals surface area (Å²) in [6.07, 6.45) is 0.436. The molecule has 1 amide bonds. The molecule has 0 radical (unpaired) electrons. The van der Waals surface area contributed by atoms with E-state index in [-0.39, 0.29) is 36.1 Å². The molecule has 0 spiro atoms. The van der Waals surface area contributed by atoms with Crippen molar-refractivity contribution >= 4 is 5.91 Å². The number of nitrogens with zero attached hydrogens (tertiary/aromatic N) is 2. The van der Waals surface area contributed by atoms with Crippen molar-refractivity contribution in [1.82, 2.24) is 15.5 Å². The van der Waals surface area contributed by atoms with Gasteiger partial charge in [0.2, 0.25) is 11.8 Å². The van der Waals surface area contributed by atoms with Gasteiger partial charge in [0, 0.05) is 19.4 Å². The number of aromatic nitrogens is 2. The number of benzene rings is 2. The lowest BCUT2D eigenvalue weighted by Crippen LogP contribution is -2.23. The summed E-state index contributed by atoms with van der Waals surface area (Å²) in [5.41, 5.74) is 1.12. The molecule has 1 aromatic heterocycles. The lowest BCUT2D eigenvalue weighted by atomic mass is 10.2. The molecule has 0 aliphatic carbocycles. The minimum Gasteiger partial charge on any atom is -0.493 e. The second-order valence-electron chi connectivity index (χ2n) is 5.95. The summed E-state index contributed by atoms with van der Waals surface area (Å²) in [5, 5.41) is 10.5. The van der Waals surface area contributed by atoms with E-state index in [0.29, 0.717) is 18.0 Å². The van der Waals surface area contributed by atoms with E-state index < -0.39 is 5.82 Å². The summed E-state index contributed by atoms with van der Waals surface area (Å²) >= 11 is 0. The van der Waals surface area contributed by atoms with Crippen LogP contribution in [0.25, 0.3) is 11.5 Å². The molecule has 3 rings (SSSR count). The van der Waals surface area contributed by atoms with Crippen LogP contribution >= 0.6 is 0 Å². The number of hydrogen-bond acceptors (Lipinski definition) is 6. The van der Waals surface area contributed by atoms with Crippen LogP contribution in [-0.4, -0.2) is 30.3 Å². The van der Waals surface area contributed by atoms with E-state index in [9.17, 15) is 9.18 Å². The zero-order valence-electron chi connectivity index (χ0n) is 15.6. The van der Waals surface area contributed by atoms with Crippen LogP contribution in [0, 0.1) is 5.82 Å². The first-order chi connectivity index (χ1) is 13.6. The zero-order valence-corrected chi connectivity index (χ0v) is 15.6. The molecule has 28 heavy (non-hydrogen) atoms. The lowest BCUT2D eigenvalue weighted by Gasteiger charge is -2.10. The number of amides is 1. The molecule has 0 unspecified atom stereocenters. The van der Waals surface area contributed by atoms with E-state index in [4.69, 9.17) is 13.9 Å². The first kappa shape index (κ1) is 19.3. The predicted molar refractivity (Wildman–Crippen MR) is 99.4 cm³/mol. The number of halogens is 1. The van der Waals surface area contributed by atoms with Gasteiger partial charge in [0.05, 0.1) is 19.8 Å². The van der Waals surface area contributed by atoms with Crippen molar-refractivity contribution < 1.29 is 23.1 Å². The number of carbonyl (C=O) groups excluding carboxylic acids is 1. The van der Waals surface area contributed by atoms with Crippen LogP contribution in [0.4, 0.5) is 4.39 Å². The van der Waals surface area contributed by atoms with Crippen LogP contribution in [0.15, 0.2) is 46.9 Å². The quantitative estimate of drug-likeness (QED) is 0.641. The summed E-state index contributed by atoms with van der Waals surface area (Å²) < 4.78 is 29.6. The molecule has 1 N–H and O–H groups in total. The number of aryl methyl sites for hydroxylation is 1. The molecular formula is C20H20FN3O4. The highest BCUT2D eigenvalue weighted by Gasteiger charge is 2.13. The van der Waals surface area contributed by atoms with Crippen LogP contribution in [0.1, 0.15) is 17.9 Å². The third-order valence-electron chi connectivity index (χ3n) is 4.07. The smallest absolute Gasteiger partial charge is 0.250 e. The predicted octanol–water partition coefficient (Wildman–Crippen LogP) is 3.14. The Hall–Kier alpha value is -3.42. The van der Waals surface area contributed by atoms with Crippen molar-refractivity contribution in [2.75, 3.05) is 14.2 Å². The van der Waals surface area contributed by atoms with Gasteiger partial charge < -0.3 is 19.2 Å². The zero-order chi connectivity index (χ0) is 19.9. The number of nitrogens with one attached hydrogen (secondary N) is 1. The Balaban J connectivity index is 1.52. The number of methoxy groups -OCH3 is 2. The number of carbonyl (C=O) groups is 1.